The van der Waals surface area contributed by atoms with Crippen LogP contribution in [0.25, 0.3) is 79.0 Å². The van der Waals surface area contributed by atoms with E-state index in [2.05, 4.69) is 264 Å². The molecule has 11 aromatic rings. The van der Waals surface area contributed by atoms with E-state index in [1.54, 1.807) is 0 Å². The molecule has 0 spiro atoms. The van der Waals surface area contributed by atoms with E-state index in [9.17, 15) is 0 Å². The molecule has 0 radical (unpaired) electrons. The fourth-order valence-corrected chi connectivity index (χ4v) is 12.7. The van der Waals surface area contributed by atoms with E-state index in [-0.39, 0.29) is 17.5 Å². The van der Waals surface area contributed by atoms with Gasteiger partial charge in [0.25, 0.3) is 6.71 Å². The zero-order chi connectivity index (χ0) is 54.7. The molecule has 7 aromatic carbocycles. The van der Waals surface area contributed by atoms with Gasteiger partial charge in [0.05, 0.1) is 11.4 Å². The number of allylic oxidation sites excluding steroid dienone is 6. The standard InChI is InChI=1S/C74H61BN2O4/c1-73(2,3)52-34-38-64-56(44-52)68-71(80-64)76(58-36-32-50(40-54(58)46-22-15-11-16-23-46)66-42-48-26-13-7-9-19-30-62(48)78-66)60-28-21-29-61-70(60)75(68)69-57-45-53(74(4,5)6)35-39-65(57)81-72(69)77(61)59-37-33-51(41-55(59)47-24-17-12-18-25-47)67-43-49-27-14-8-10-20-31-63(49)79-67/h9-29,32-45H,7-8,30-31H2,1-6H3/b19-9-,20-10-,26-13-,27-14-. The van der Waals surface area contributed by atoms with Gasteiger partial charge in [-0.25, -0.2) is 0 Å². The third kappa shape index (κ3) is 8.15. The van der Waals surface area contributed by atoms with Crippen molar-refractivity contribution < 1.29 is 17.7 Å². The van der Waals surface area contributed by atoms with Gasteiger partial charge < -0.3 is 17.7 Å². The summed E-state index contributed by atoms with van der Waals surface area (Å²) in [5, 5.41) is 2.18. The number of nitrogens with zero attached hydrogens (tertiary/aromatic N) is 2. The van der Waals surface area contributed by atoms with Gasteiger partial charge in [0, 0.05) is 79.3 Å². The second kappa shape index (κ2) is 18.7. The number of hydrogen-bond acceptors (Lipinski definition) is 6. The van der Waals surface area contributed by atoms with Gasteiger partial charge in [-0.1, -0.05) is 169 Å². The van der Waals surface area contributed by atoms with Crippen LogP contribution in [0.2, 0.25) is 0 Å². The minimum absolute atomic E-state index is 0.124. The summed E-state index contributed by atoms with van der Waals surface area (Å²) >= 11 is 0. The summed E-state index contributed by atoms with van der Waals surface area (Å²) in [6, 6.07) is 59.9. The molecule has 0 saturated carbocycles. The summed E-state index contributed by atoms with van der Waals surface area (Å²) in [7, 11) is 0. The van der Waals surface area contributed by atoms with Crippen molar-refractivity contribution >= 4 is 91.7 Å². The van der Waals surface area contributed by atoms with Crippen LogP contribution in [0, 0.1) is 0 Å². The average molecular weight is 1050 g/mol. The molecule has 0 N–H and O–H groups in total. The van der Waals surface area contributed by atoms with Crippen molar-refractivity contribution in [3.05, 3.63) is 234 Å². The van der Waals surface area contributed by atoms with Gasteiger partial charge in [-0.05, 0) is 136 Å². The van der Waals surface area contributed by atoms with E-state index in [1.165, 1.54) is 16.6 Å². The van der Waals surface area contributed by atoms with Crippen molar-refractivity contribution in [2.24, 2.45) is 0 Å². The molecule has 2 aliphatic carbocycles. The van der Waals surface area contributed by atoms with Crippen LogP contribution in [0.3, 0.4) is 0 Å². The fourth-order valence-electron chi connectivity index (χ4n) is 12.7. The van der Waals surface area contributed by atoms with Gasteiger partial charge in [-0.15, -0.1) is 0 Å². The molecule has 0 saturated heterocycles. The van der Waals surface area contributed by atoms with E-state index in [1.807, 2.05) is 0 Å². The summed E-state index contributed by atoms with van der Waals surface area (Å²) in [6.07, 6.45) is 20.9. The normalized spacial score (nSPS) is 16.1. The molecule has 6 nitrogen and oxygen atoms in total. The largest absolute Gasteiger partial charge is 0.460 e. The number of benzene rings is 7. The van der Waals surface area contributed by atoms with Gasteiger partial charge in [-0.3, -0.25) is 9.80 Å². The summed E-state index contributed by atoms with van der Waals surface area (Å²) in [4.78, 5) is 4.81. The molecule has 0 amide bonds. The van der Waals surface area contributed by atoms with E-state index in [4.69, 9.17) is 17.7 Å². The Hall–Kier alpha value is -9.20. The van der Waals surface area contributed by atoms with Crippen LogP contribution in [0.4, 0.5) is 34.5 Å². The maximum atomic E-state index is 7.46. The predicted molar refractivity (Wildman–Crippen MR) is 337 cm³/mol. The van der Waals surface area contributed by atoms with Crippen LogP contribution in [0.5, 0.6) is 0 Å². The molecular formula is C74H61BN2O4. The van der Waals surface area contributed by atoms with Gasteiger partial charge >= 0.3 is 0 Å². The van der Waals surface area contributed by atoms with Crippen LogP contribution in [-0.4, -0.2) is 6.71 Å². The third-order valence-corrected chi connectivity index (χ3v) is 16.9. The minimum atomic E-state index is -0.282. The van der Waals surface area contributed by atoms with Crippen molar-refractivity contribution in [3.63, 3.8) is 0 Å². The van der Waals surface area contributed by atoms with Gasteiger partial charge in [-0.2, -0.15) is 0 Å². The molecule has 81 heavy (non-hydrogen) atoms. The predicted octanol–water partition coefficient (Wildman–Crippen LogP) is 18.7. The molecule has 4 aromatic heterocycles. The Kier molecular flexibility index (Phi) is 11.3. The second-order valence-electron chi connectivity index (χ2n) is 24.2. The SMILES string of the molecule is CC(C)(C)c1ccc2oc3c(c2c1)B1c2c(cccc2N(c2ccc(-c4cc5c(o4)C/C=C\C/C=C\5)cc2-c2ccccc2)c2oc4ccc(C(C)(C)C)cc4c21)N3c1ccc(-c2cc3c(o2)C/C=C\C/C=C\3)cc1-c1ccccc1. The minimum Gasteiger partial charge on any atom is -0.460 e. The highest BCUT2D eigenvalue weighted by Crippen LogP contribution is 2.52. The number of anilines is 6. The van der Waals surface area contributed by atoms with Crippen LogP contribution in [0.1, 0.15) is 88.2 Å². The monoisotopic (exact) mass is 1050 g/mol. The lowest BCUT2D eigenvalue weighted by molar-refractivity contribution is 0.535. The highest BCUT2D eigenvalue weighted by atomic mass is 16.4. The average Bonchev–Trinajstić information content (AvgIpc) is 3.08. The quantitative estimate of drug-likeness (QED) is 0.122. The van der Waals surface area contributed by atoms with Crippen molar-refractivity contribution in [3.8, 4) is 44.9 Å². The van der Waals surface area contributed by atoms with Gasteiger partial charge in [0.15, 0.2) is 0 Å². The second-order valence-corrected chi connectivity index (χ2v) is 24.2. The molecule has 6 heterocycles. The van der Waals surface area contributed by atoms with Crippen molar-refractivity contribution in [1.29, 1.82) is 0 Å². The first-order valence-corrected chi connectivity index (χ1v) is 28.6. The topological polar surface area (TPSA) is 59.0 Å². The summed E-state index contributed by atoms with van der Waals surface area (Å²) < 4.78 is 28.4. The Morgan fingerprint density at radius 2 is 0.840 bits per heavy atom. The maximum Gasteiger partial charge on any atom is 0.262 e. The number of furan rings is 4. The maximum absolute atomic E-state index is 7.46. The van der Waals surface area contributed by atoms with Crippen LogP contribution in [0.15, 0.2) is 218 Å². The van der Waals surface area contributed by atoms with Crippen LogP contribution < -0.4 is 26.2 Å². The molecule has 7 heteroatoms. The molecule has 2 aliphatic heterocycles. The van der Waals surface area contributed by atoms with E-state index >= 15 is 0 Å². The lowest BCUT2D eigenvalue weighted by Crippen LogP contribution is -2.60. The van der Waals surface area contributed by atoms with Crippen LogP contribution >= 0.6 is 0 Å². The van der Waals surface area contributed by atoms with Crippen molar-refractivity contribution in [1.82, 2.24) is 0 Å². The lowest BCUT2D eigenvalue weighted by Gasteiger charge is -2.41. The van der Waals surface area contributed by atoms with Crippen molar-refractivity contribution in [2.45, 2.75) is 78.1 Å². The van der Waals surface area contributed by atoms with E-state index < -0.39 is 0 Å². The molecule has 15 rings (SSSR count). The Morgan fingerprint density at radius 1 is 0.383 bits per heavy atom. The number of fused-ring (bicyclic) bond motifs is 10. The first-order valence-electron chi connectivity index (χ1n) is 28.6. The molecular weight excluding hydrogens is 992 g/mol. The van der Waals surface area contributed by atoms with Gasteiger partial charge in [0.2, 0.25) is 11.8 Å². The Morgan fingerprint density at radius 3 is 1.28 bits per heavy atom. The molecule has 0 bridgehead atoms. The van der Waals surface area contributed by atoms with E-state index in [0.29, 0.717) is 0 Å². The lowest BCUT2D eigenvalue weighted by atomic mass is 9.33. The van der Waals surface area contributed by atoms with E-state index in [0.717, 1.165) is 161 Å². The summed E-state index contributed by atoms with van der Waals surface area (Å²) in [6.45, 7) is 13.5. The molecule has 0 fully saturated rings. The first kappa shape index (κ1) is 48.9. The highest BCUT2D eigenvalue weighted by Gasteiger charge is 2.49. The first-order chi connectivity index (χ1) is 39.4. The molecule has 0 unspecified atom stereocenters. The van der Waals surface area contributed by atoms with Gasteiger partial charge in [0.1, 0.15) is 34.2 Å². The fraction of sp³-hybridized carbons (Fsp3) is 0.162. The highest BCUT2D eigenvalue weighted by molar-refractivity contribution is 7.02. The third-order valence-electron chi connectivity index (χ3n) is 16.9. The Balaban J connectivity index is 1.02. The molecule has 0 atom stereocenters. The zero-order valence-electron chi connectivity index (χ0n) is 46.6. The molecule has 394 valence electrons. The number of rotatable bonds is 6. The smallest absolute Gasteiger partial charge is 0.262 e. The molecule has 4 aliphatic rings. The van der Waals surface area contributed by atoms with Crippen molar-refractivity contribution in [2.75, 3.05) is 9.80 Å². The Bertz CT molecular complexity index is 4170. The Labute approximate surface area is 473 Å². The number of hydrogen-bond donors (Lipinski definition) is 0. The summed E-state index contributed by atoms with van der Waals surface area (Å²) in [5.41, 5.74) is 19.9. The summed E-state index contributed by atoms with van der Waals surface area (Å²) in [5.74, 6) is 5.21. The zero-order valence-corrected chi connectivity index (χ0v) is 46.6. The van der Waals surface area contributed by atoms with Crippen LogP contribution in [-0.2, 0) is 23.7 Å².